The molecule has 2 aromatic carbocycles. The lowest BCUT2D eigenvalue weighted by atomic mass is 10.1. The van der Waals surface area contributed by atoms with Crippen molar-refractivity contribution in [2.75, 3.05) is 11.9 Å². The number of amides is 1. The van der Waals surface area contributed by atoms with E-state index in [0.717, 1.165) is 11.3 Å². The van der Waals surface area contributed by atoms with Crippen molar-refractivity contribution in [3.8, 4) is 5.75 Å². The van der Waals surface area contributed by atoms with Crippen molar-refractivity contribution in [1.82, 2.24) is 4.98 Å². The van der Waals surface area contributed by atoms with Gasteiger partial charge in [-0.1, -0.05) is 59.1 Å². The molecule has 0 radical (unpaired) electrons. The maximum absolute atomic E-state index is 12.0. The molecule has 0 aliphatic rings. The van der Waals surface area contributed by atoms with Gasteiger partial charge in [0.1, 0.15) is 10.8 Å². The van der Waals surface area contributed by atoms with E-state index in [-0.39, 0.29) is 17.5 Å². The second-order valence-corrected chi connectivity index (χ2v) is 7.59. The van der Waals surface area contributed by atoms with E-state index in [0.29, 0.717) is 15.9 Å². The minimum absolute atomic E-state index is 0.174. The van der Waals surface area contributed by atoms with Crippen molar-refractivity contribution in [3.05, 3.63) is 74.7 Å². The zero-order valence-electron chi connectivity index (χ0n) is 14.0. The van der Waals surface area contributed by atoms with Crippen LogP contribution in [-0.4, -0.2) is 17.5 Å². The lowest BCUT2D eigenvalue weighted by Crippen LogP contribution is -2.20. The molecule has 26 heavy (non-hydrogen) atoms. The highest BCUT2D eigenvalue weighted by molar-refractivity contribution is 7.15. The molecule has 0 saturated heterocycles. The Balaban J connectivity index is 1.55. The first-order valence-corrected chi connectivity index (χ1v) is 9.45. The summed E-state index contributed by atoms with van der Waals surface area (Å²) in [5, 5.41) is 3.94. The van der Waals surface area contributed by atoms with E-state index in [1.165, 1.54) is 22.5 Å². The Morgan fingerprint density at radius 3 is 2.85 bits per heavy atom. The van der Waals surface area contributed by atoms with Gasteiger partial charge in [-0.05, 0) is 24.6 Å². The monoisotopic (exact) mass is 406 g/mol. The zero-order valence-corrected chi connectivity index (χ0v) is 16.3. The number of carbonyl (C=O) groups excluding carboxylic acids is 1. The Kier molecular flexibility index (Phi) is 6.14. The van der Waals surface area contributed by atoms with Crippen molar-refractivity contribution < 1.29 is 9.53 Å². The zero-order chi connectivity index (χ0) is 18.5. The molecule has 0 spiro atoms. The summed E-state index contributed by atoms with van der Waals surface area (Å²) in [4.78, 5) is 17.4. The second-order valence-electron chi connectivity index (χ2n) is 5.69. The molecule has 0 unspecified atom stereocenters. The third-order valence-corrected chi connectivity index (χ3v) is 5.25. The van der Waals surface area contributed by atoms with Crippen LogP contribution in [-0.2, 0) is 11.2 Å². The van der Waals surface area contributed by atoms with Gasteiger partial charge >= 0.3 is 0 Å². The summed E-state index contributed by atoms with van der Waals surface area (Å²) in [6.45, 7) is 1.89. The highest BCUT2D eigenvalue weighted by Crippen LogP contribution is 2.31. The number of nitrogens with zero attached hydrogens (tertiary/aromatic N) is 1. The lowest BCUT2D eigenvalue weighted by molar-refractivity contribution is -0.118. The molecule has 134 valence electrons. The summed E-state index contributed by atoms with van der Waals surface area (Å²) in [5.74, 6) is 0.0612. The van der Waals surface area contributed by atoms with Crippen LogP contribution in [0.4, 0.5) is 5.13 Å². The highest BCUT2D eigenvalue weighted by atomic mass is 35.5. The van der Waals surface area contributed by atoms with Crippen LogP contribution in [0.3, 0.4) is 0 Å². The third-order valence-electron chi connectivity index (χ3n) is 3.54. The SMILES string of the molecule is Cc1cccc(Cc2cnc(NC(=O)COc3cccc(Cl)c3Cl)s2)c1. The van der Waals surface area contributed by atoms with Crippen LogP contribution >= 0.6 is 34.5 Å². The number of benzene rings is 2. The van der Waals surface area contributed by atoms with Crippen LogP contribution in [0, 0.1) is 6.92 Å². The second kappa shape index (κ2) is 8.54. The van der Waals surface area contributed by atoms with E-state index in [1.54, 1.807) is 24.4 Å². The molecule has 0 aliphatic carbocycles. The Labute approximate surface area is 165 Å². The van der Waals surface area contributed by atoms with Gasteiger partial charge in [0.05, 0.1) is 5.02 Å². The summed E-state index contributed by atoms with van der Waals surface area (Å²) < 4.78 is 5.42. The van der Waals surface area contributed by atoms with Crippen LogP contribution in [0.1, 0.15) is 16.0 Å². The van der Waals surface area contributed by atoms with Gasteiger partial charge in [-0.2, -0.15) is 0 Å². The maximum atomic E-state index is 12.0. The fourth-order valence-electron chi connectivity index (χ4n) is 2.36. The van der Waals surface area contributed by atoms with E-state index in [2.05, 4.69) is 35.4 Å². The van der Waals surface area contributed by atoms with Gasteiger partial charge in [0.2, 0.25) is 0 Å². The van der Waals surface area contributed by atoms with Crippen LogP contribution in [0.2, 0.25) is 10.0 Å². The number of hydrogen-bond acceptors (Lipinski definition) is 4. The number of hydrogen-bond donors (Lipinski definition) is 1. The molecule has 0 aliphatic heterocycles. The number of thiazole rings is 1. The Morgan fingerprint density at radius 1 is 1.23 bits per heavy atom. The molecule has 0 saturated carbocycles. The van der Waals surface area contributed by atoms with Crippen molar-refractivity contribution >= 4 is 45.6 Å². The maximum Gasteiger partial charge on any atom is 0.264 e. The summed E-state index contributed by atoms with van der Waals surface area (Å²) in [6.07, 6.45) is 2.56. The first kappa shape index (κ1) is 18.7. The molecular weight excluding hydrogens is 391 g/mol. The quantitative estimate of drug-likeness (QED) is 0.598. The molecule has 7 heteroatoms. The molecule has 1 aromatic heterocycles. The van der Waals surface area contributed by atoms with Crippen LogP contribution in [0.15, 0.2) is 48.7 Å². The van der Waals surface area contributed by atoms with Crippen molar-refractivity contribution in [2.45, 2.75) is 13.3 Å². The fraction of sp³-hybridized carbons (Fsp3) is 0.158. The molecule has 1 amide bonds. The number of anilines is 1. The highest BCUT2D eigenvalue weighted by Gasteiger charge is 2.11. The van der Waals surface area contributed by atoms with Gasteiger partial charge in [0.15, 0.2) is 11.7 Å². The average Bonchev–Trinajstić information content (AvgIpc) is 3.03. The summed E-state index contributed by atoms with van der Waals surface area (Å²) >= 11 is 13.4. The van der Waals surface area contributed by atoms with Gasteiger partial charge in [0, 0.05) is 17.5 Å². The molecule has 0 fully saturated rings. The van der Waals surface area contributed by atoms with Crippen LogP contribution < -0.4 is 10.1 Å². The first-order chi connectivity index (χ1) is 12.5. The van der Waals surface area contributed by atoms with Crippen LogP contribution in [0.5, 0.6) is 5.75 Å². The van der Waals surface area contributed by atoms with Gasteiger partial charge < -0.3 is 4.74 Å². The number of nitrogens with one attached hydrogen (secondary N) is 1. The Morgan fingerprint density at radius 2 is 2.04 bits per heavy atom. The number of carbonyl (C=O) groups is 1. The molecular formula is C19H16Cl2N2O2S. The molecule has 3 rings (SSSR count). The first-order valence-electron chi connectivity index (χ1n) is 7.88. The molecule has 3 aromatic rings. The summed E-state index contributed by atoms with van der Waals surface area (Å²) in [6, 6.07) is 13.3. The predicted octanol–water partition coefficient (Wildman–Crippen LogP) is 5.37. The van der Waals surface area contributed by atoms with Crippen molar-refractivity contribution in [3.63, 3.8) is 0 Å². The molecule has 4 nitrogen and oxygen atoms in total. The van der Waals surface area contributed by atoms with E-state index in [4.69, 9.17) is 27.9 Å². The number of ether oxygens (including phenoxy) is 1. The Bertz CT molecular complexity index is 927. The smallest absolute Gasteiger partial charge is 0.264 e. The summed E-state index contributed by atoms with van der Waals surface area (Å²) in [5.41, 5.74) is 2.43. The minimum Gasteiger partial charge on any atom is -0.482 e. The average molecular weight is 407 g/mol. The van der Waals surface area contributed by atoms with E-state index < -0.39 is 0 Å². The summed E-state index contributed by atoms with van der Waals surface area (Å²) in [7, 11) is 0. The van der Waals surface area contributed by atoms with Gasteiger partial charge in [-0.3, -0.25) is 10.1 Å². The third kappa shape index (κ3) is 4.97. The number of halogens is 2. The van der Waals surface area contributed by atoms with Crippen molar-refractivity contribution in [2.24, 2.45) is 0 Å². The molecule has 1 heterocycles. The van der Waals surface area contributed by atoms with Crippen molar-refractivity contribution in [1.29, 1.82) is 0 Å². The number of rotatable bonds is 6. The van der Waals surface area contributed by atoms with E-state index in [9.17, 15) is 4.79 Å². The number of aromatic nitrogens is 1. The van der Waals surface area contributed by atoms with E-state index >= 15 is 0 Å². The van der Waals surface area contributed by atoms with Gasteiger partial charge in [-0.25, -0.2) is 4.98 Å². The topological polar surface area (TPSA) is 51.2 Å². The Hall–Kier alpha value is -2.08. The fourth-order valence-corrected chi connectivity index (χ4v) is 3.57. The molecule has 0 bridgehead atoms. The number of aryl methyl sites for hydroxylation is 1. The minimum atomic E-state index is -0.308. The molecule has 1 N–H and O–H groups in total. The lowest BCUT2D eigenvalue weighted by Gasteiger charge is -2.08. The van der Waals surface area contributed by atoms with Crippen LogP contribution in [0.25, 0.3) is 0 Å². The van der Waals surface area contributed by atoms with Gasteiger partial charge in [0.25, 0.3) is 5.91 Å². The van der Waals surface area contributed by atoms with E-state index in [1.807, 2.05) is 6.07 Å². The standard InChI is InChI=1S/C19H16Cl2N2O2S/c1-12-4-2-5-13(8-12)9-14-10-22-19(26-14)23-17(24)11-25-16-7-3-6-15(20)18(16)21/h2-8,10H,9,11H2,1H3,(H,22,23,24). The van der Waals surface area contributed by atoms with Gasteiger partial charge in [-0.15, -0.1) is 11.3 Å². The predicted molar refractivity (Wildman–Crippen MR) is 107 cm³/mol. The normalized spacial score (nSPS) is 10.6. The molecule has 0 atom stereocenters. The largest absolute Gasteiger partial charge is 0.482 e.